The highest BCUT2D eigenvalue weighted by atomic mass is 35.5. The van der Waals surface area contributed by atoms with E-state index in [4.69, 9.17) is 16.3 Å². The molecule has 1 aromatic carbocycles. The molecule has 1 aromatic rings. The molecule has 1 N–H and O–H groups in total. The van der Waals surface area contributed by atoms with Crippen LogP contribution in [-0.4, -0.2) is 17.3 Å². The smallest absolute Gasteiger partial charge is 0.108 e. The quantitative estimate of drug-likeness (QED) is 0.886. The van der Waals surface area contributed by atoms with Crippen molar-refractivity contribution in [1.29, 1.82) is 0 Å². The molecule has 19 heavy (non-hydrogen) atoms. The van der Waals surface area contributed by atoms with Gasteiger partial charge in [0.25, 0.3) is 0 Å². The third kappa shape index (κ3) is 3.13. The van der Waals surface area contributed by atoms with Crippen LogP contribution in [0.25, 0.3) is 0 Å². The highest BCUT2D eigenvalue weighted by Gasteiger charge is 2.40. The molecule has 3 heteroatoms. The zero-order valence-corrected chi connectivity index (χ0v) is 12.5. The Labute approximate surface area is 120 Å². The predicted octanol–water partition coefficient (Wildman–Crippen LogP) is 4.42. The normalized spacial score (nSPS) is 20.2. The van der Waals surface area contributed by atoms with Gasteiger partial charge in [-0.15, -0.1) is 0 Å². The van der Waals surface area contributed by atoms with E-state index < -0.39 is 11.7 Å². The summed E-state index contributed by atoms with van der Waals surface area (Å²) in [7, 11) is 0. The van der Waals surface area contributed by atoms with Crippen molar-refractivity contribution in [3.63, 3.8) is 0 Å². The first-order chi connectivity index (χ1) is 9.09. The van der Waals surface area contributed by atoms with Crippen LogP contribution in [0.3, 0.4) is 0 Å². The summed E-state index contributed by atoms with van der Waals surface area (Å²) < 4.78 is 5.96. The molecule has 0 radical (unpaired) electrons. The number of benzene rings is 1. The maximum atomic E-state index is 10.8. The number of hydrogen-bond acceptors (Lipinski definition) is 2. The Kier molecular flexibility index (Phi) is 4.88. The van der Waals surface area contributed by atoms with Crippen LogP contribution in [0.4, 0.5) is 0 Å². The van der Waals surface area contributed by atoms with Crippen molar-refractivity contribution in [3.8, 4) is 0 Å². The summed E-state index contributed by atoms with van der Waals surface area (Å²) in [5.41, 5.74) is 1.48. The van der Waals surface area contributed by atoms with Crippen LogP contribution in [0.1, 0.15) is 56.3 Å². The Balaban J connectivity index is 2.27. The van der Waals surface area contributed by atoms with Gasteiger partial charge in [-0.3, -0.25) is 0 Å². The van der Waals surface area contributed by atoms with Crippen LogP contribution in [0.5, 0.6) is 0 Å². The number of rotatable bonds is 4. The molecule has 0 bridgehead atoms. The van der Waals surface area contributed by atoms with Gasteiger partial charge < -0.3 is 9.84 Å². The minimum absolute atomic E-state index is 0.425. The van der Waals surface area contributed by atoms with E-state index in [1.54, 1.807) is 0 Å². The zero-order chi connectivity index (χ0) is 13.9. The van der Waals surface area contributed by atoms with E-state index in [-0.39, 0.29) is 0 Å². The van der Waals surface area contributed by atoms with Crippen LogP contribution < -0.4 is 0 Å². The average molecular weight is 283 g/mol. The van der Waals surface area contributed by atoms with Crippen molar-refractivity contribution < 1.29 is 9.84 Å². The number of aryl methyl sites for hydroxylation is 1. The Morgan fingerprint density at radius 1 is 1.32 bits per heavy atom. The third-order valence-corrected chi connectivity index (χ3v) is 4.55. The Morgan fingerprint density at radius 2 is 2.00 bits per heavy atom. The van der Waals surface area contributed by atoms with Crippen molar-refractivity contribution in [3.05, 3.63) is 34.3 Å². The molecule has 1 fully saturated rings. The highest BCUT2D eigenvalue weighted by molar-refractivity contribution is 6.31. The summed E-state index contributed by atoms with van der Waals surface area (Å²) in [6, 6.07) is 5.79. The maximum Gasteiger partial charge on any atom is 0.108 e. The van der Waals surface area contributed by atoms with Gasteiger partial charge in [-0.1, -0.05) is 43.0 Å². The molecule has 1 aliphatic rings. The molecule has 0 heterocycles. The van der Waals surface area contributed by atoms with Crippen molar-refractivity contribution in [1.82, 2.24) is 0 Å². The summed E-state index contributed by atoms with van der Waals surface area (Å²) in [6.45, 7) is 4.60. The van der Waals surface area contributed by atoms with Gasteiger partial charge in [-0.25, -0.2) is 0 Å². The number of aliphatic hydroxyl groups is 1. The van der Waals surface area contributed by atoms with Gasteiger partial charge in [0.2, 0.25) is 0 Å². The summed E-state index contributed by atoms with van der Waals surface area (Å²) in [5, 5.41) is 11.5. The van der Waals surface area contributed by atoms with Crippen LogP contribution >= 0.6 is 11.6 Å². The van der Waals surface area contributed by atoms with Gasteiger partial charge in [0.05, 0.1) is 5.60 Å². The lowest BCUT2D eigenvalue weighted by Crippen LogP contribution is -2.41. The van der Waals surface area contributed by atoms with Crippen LogP contribution in [-0.2, 0) is 4.74 Å². The minimum atomic E-state index is -0.592. The van der Waals surface area contributed by atoms with Gasteiger partial charge in [-0.05, 0) is 43.9 Å². The number of hydrogen-bond donors (Lipinski definition) is 1. The number of ether oxygens (including phenoxy) is 1. The summed E-state index contributed by atoms with van der Waals surface area (Å²) >= 11 is 6.17. The lowest BCUT2D eigenvalue weighted by Gasteiger charge is -2.41. The van der Waals surface area contributed by atoms with Gasteiger partial charge in [-0.2, -0.15) is 0 Å². The van der Waals surface area contributed by atoms with E-state index in [9.17, 15) is 5.11 Å². The molecule has 0 saturated heterocycles. The van der Waals surface area contributed by atoms with Gasteiger partial charge in [0.1, 0.15) is 6.10 Å². The van der Waals surface area contributed by atoms with Gasteiger partial charge in [0, 0.05) is 11.6 Å². The van der Waals surface area contributed by atoms with E-state index in [0.717, 1.165) is 36.8 Å². The second-order valence-electron chi connectivity index (χ2n) is 5.47. The Morgan fingerprint density at radius 3 is 2.58 bits per heavy atom. The topological polar surface area (TPSA) is 29.5 Å². The van der Waals surface area contributed by atoms with Crippen LogP contribution in [0, 0.1) is 6.92 Å². The zero-order valence-electron chi connectivity index (χ0n) is 11.8. The SMILES string of the molecule is CCOC1(C(O)c2ccc(C)c(Cl)c2)CCCCC1. The maximum absolute atomic E-state index is 10.8. The second-order valence-corrected chi connectivity index (χ2v) is 5.88. The molecule has 106 valence electrons. The molecular formula is C16H23ClO2. The highest BCUT2D eigenvalue weighted by Crippen LogP contribution is 2.42. The first-order valence-corrected chi connectivity index (χ1v) is 7.55. The average Bonchev–Trinajstić information content (AvgIpc) is 2.42. The lowest BCUT2D eigenvalue weighted by molar-refractivity contribution is -0.141. The molecule has 2 rings (SSSR count). The minimum Gasteiger partial charge on any atom is -0.385 e. The van der Waals surface area contributed by atoms with E-state index >= 15 is 0 Å². The number of aliphatic hydroxyl groups excluding tert-OH is 1. The van der Waals surface area contributed by atoms with Gasteiger partial charge in [0.15, 0.2) is 0 Å². The van der Waals surface area contributed by atoms with Crippen LogP contribution in [0.2, 0.25) is 5.02 Å². The van der Waals surface area contributed by atoms with Crippen molar-refractivity contribution in [2.75, 3.05) is 6.61 Å². The molecule has 0 spiro atoms. The fourth-order valence-corrected chi connectivity index (χ4v) is 3.21. The van der Waals surface area contributed by atoms with Gasteiger partial charge >= 0.3 is 0 Å². The molecule has 1 aliphatic carbocycles. The molecule has 0 aliphatic heterocycles. The van der Waals surface area contributed by atoms with E-state index in [1.807, 2.05) is 32.0 Å². The van der Waals surface area contributed by atoms with E-state index in [1.165, 1.54) is 6.42 Å². The largest absolute Gasteiger partial charge is 0.385 e. The molecular weight excluding hydrogens is 260 g/mol. The van der Waals surface area contributed by atoms with Crippen LogP contribution in [0.15, 0.2) is 18.2 Å². The lowest BCUT2D eigenvalue weighted by atomic mass is 9.78. The fourth-order valence-electron chi connectivity index (χ4n) is 3.02. The molecule has 1 unspecified atom stereocenters. The molecule has 2 nitrogen and oxygen atoms in total. The van der Waals surface area contributed by atoms with E-state index in [2.05, 4.69) is 0 Å². The summed E-state index contributed by atoms with van der Waals surface area (Å²) in [4.78, 5) is 0. The van der Waals surface area contributed by atoms with Crippen molar-refractivity contribution in [2.24, 2.45) is 0 Å². The number of halogens is 1. The first-order valence-electron chi connectivity index (χ1n) is 7.17. The molecule has 1 atom stereocenters. The van der Waals surface area contributed by atoms with E-state index in [0.29, 0.717) is 11.6 Å². The van der Waals surface area contributed by atoms with Crippen molar-refractivity contribution in [2.45, 2.75) is 57.7 Å². The fraction of sp³-hybridized carbons (Fsp3) is 0.625. The predicted molar refractivity (Wildman–Crippen MR) is 78.6 cm³/mol. The summed E-state index contributed by atoms with van der Waals surface area (Å²) in [6.07, 6.45) is 4.73. The first kappa shape index (κ1) is 14.8. The monoisotopic (exact) mass is 282 g/mol. The third-order valence-electron chi connectivity index (χ3n) is 4.14. The molecule has 0 aromatic heterocycles. The van der Waals surface area contributed by atoms with Crippen molar-refractivity contribution >= 4 is 11.6 Å². The second kappa shape index (κ2) is 6.25. The summed E-state index contributed by atoms with van der Waals surface area (Å²) in [5.74, 6) is 0. The molecule has 0 amide bonds. The standard InChI is InChI=1S/C16H23ClO2/c1-3-19-16(9-5-4-6-10-16)15(18)13-8-7-12(2)14(17)11-13/h7-8,11,15,18H,3-6,9-10H2,1-2H3. The Hall–Kier alpha value is -0.570. The molecule has 1 saturated carbocycles. The Bertz CT molecular complexity index is 419.